The van der Waals surface area contributed by atoms with E-state index in [1.54, 1.807) is 44.3 Å². The zero-order valence-corrected chi connectivity index (χ0v) is 17.5. The number of nitrogens with zero attached hydrogens (tertiary/aromatic N) is 2. The Morgan fingerprint density at radius 2 is 1.91 bits per heavy atom. The summed E-state index contributed by atoms with van der Waals surface area (Å²) >= 11 is 0. The number of esters is 1. The van der Waals surface area contributed by atoms with Crippen LogP contribution < -0.4 is 5.43 Å². The molecular formula is C24H20FN3O4. The van der Waals surface area contributed by atoms with Crippen molar-refractivity contribution in [2.24, 2.45) is 0 Å². The highest BCUT2D eigenvalue weighted by Crippen LogP contribution is 2.22. The number of H-pyrrole nitrogens is 1. The molecule has 0 atom stereocenters. The van der Waals surface area contributed by atoms with Crippen LogP contribution in [0.25, 0.3) is 21.8 Å². The lowest BCUT2D eigenvalue weighted by Crippen LogP contribution is -2.26. The van der Waals surface area contributed by atoms with Crippen LogP contribution in [0.2, 0.25) is 0 Å². The molecule has 1 amide bonds. The van der Waals surface area contributed by atoms with Gasteiger partial charge < -0.3 is 14.6 Å². The molecule has 0 aliphatic carbocycles. The van der Waals surface area contributed by atoms with E-state index in [1.807, 2.05) is 0 Å². The fourth-order valence-corrected chi connectivity index (χ4v) is 3.53. The predicted molar refractivity (Wildman–Crippen MR) is 118 cm³/mol. The molecule has 2 heterocycles. The highest BCUT2D eigenvalue weighted by Gasteiger charge is 2.17. The molecule has 4 rings (SSSR count). The molecule has 0 spiro atoms. The summed E-state index contributed by atoms with van der Waals surface area (Å²) in [7, 11) is 1.66. The number of nitrogens with one attached hydrogen (secondary N) is 1. The van der Waals surface area contributed by atoms with E-state index in [4.69, 9.17) is 4.74 Å². The molecule has 0 aliphatic heterocycles. The van der Waals surface area contributed by atoms with E-state index >= 15 is 0 Å². The molecule has 162 valence electrons. The summed E-state index contributed by atoms with van der Waals surface area (Å²) in [6.45, 7) is 2.15. The van der Waals surface area contributed by atoms with Crippen molar-refractivity contribution in [3.63, 3.8) is 0 Å². The smallest absolute Gasteiger partial charge is 0.343 e. The zero-order valence-electron chi connectivity index (χ0n) is 17.5. The number of carbonyl (C=O) groups excluding carboxylic acids is 2. The van der Waals surface area contributed by atoms with Gasteiger partial charge in [-0.15, -0.1) is 0 Å². The normalized spacial score (nSPS) is 11.0. The first kappa shape index (κ1) is 21.2. The number of amides is 1. The molecule has 1 N–H and O–H groups in total. The molecule has 7 nitrogen and oxygen atoms in total. The van der Waals surface area contributed by atoms with Crippen LogP contribution in [-0.4, -0.2) is 40.4 Å². The average Bonchev–Trinajstić information content (AvgIpc) is 2.79. The Morgan fingerprint density at radius 3 is 2.62 bits per heavy atom. The number of aromatic amines is 1. The maximum atomic E-state index is 13.1. The molecule has 0 saturated heterocycles. The standard InChI is InChI=1S/C24H20FN3O4/c1-3-32-24(31)19-12-27-21-18(22(19)29)9-6-15-10-16(11-26-20(15)21)23(30)28(2)13-14-4-7-17(25)8-5-14/h4-12H,3,13H2,1-2H3,(H,27,29). The number of ether oxygens (including phenoxy) is 1. The largest absolute Gasteiger partial charge is 0.462 e. The van der Waals surface area contributed by atoms with Crippen molar-refractivity contribution < 1.29 is 18.7 Å². The van der Waals surface area contributed by atoms with Gasteiger partial charge in [-0.05, 0) is 36.8 Å². The Hall–Kier alpha value is -4.07. The van der Waals surface area contributed by atoms with Gasteiger partial charge in [-0.1, -0.05) is 18.2 Å². The van der Waals surface area contributed by atoms with E-state index in [0.29, 0.717) is 33.9 Å². The number of hydrogen-bond acceptors (Lipinski definition) is 5. The molecule has 8 heteroatoms. The average molecular weight is 433 g/mol. The van der Waals surface area contributed by atoms with Gasteiger partial charge in [0.05, 0.1) is 23.2 Å². The third kappa shape index (κ3) is 3.94. The minimum atomic E-state index is -0.686. The van der Waals surface area contributed by atoms with Crippen molar-refractivity contribution in [2.45, 2.75) is 13.5 Å². The predicted octanol–water partition coefficient (Wildman–Crippen LogP) is 3.66. The third-order valence-electron chi connectivity index (χ3n) is 5.12. The number of hydrogen-bond donors (Lipinski definition) is 1. The van der Waals surface area contributed by atoms with Gasteiger partial charge in [-0.2, -0.15) is 0 Å². The fraction of sp³-hybridized carbons (Fsp3) is 0.167. The number of carbonyl (C=O) groups is 2. The monoisotopic (exact) mass is 433 g/mol. The van der Waals surface area contributed by atoms with Gasteiger partial charge in [0.2, 0.25) is 5.43 Å². The van der Waals surface area contributed by atoms with Crippen molar-refractivity contribution in [3.8, 4) is 0 Å². The van der Waals surface area contributed by atoms with Crippen LogP contribution in [0, 0.1) is 5.82 Å². The summed E-state index contributed by atoms with van der Waals surface area (Å²) in [5.74, 6) is -1.26. The summed E-state index contributed by atoms with van der Waals surface area (Å²) < 4.78 is 18.0. The van der Waals surface area contributed by atoms with Gasteiger partial charge in [0, 0.05) is 36.8 Å². The summed E-state index contributed by atoms with van der Waals surface area (Å²) in [6.07, 6.45) is 2.77. The van der Waals surface area contributed by atoms with Crippen LogP contribution in [0.3, 0.4) is 0 Å². The molecule has 32 heavy (non-hydrogen) atoms. The van der Waals surface area contributed by atoms with Gasteiger partial charge in [-0.25, -0.2) is 9.18 Å². The number of rotatable bonds is 5. The Morgan fingerprint density at radius 1 is 1.16 bits per heavy atom. The SMILES string of the molecule is CCOC(=O)c1c[nH]c2c(ccc3cc(C(=O)N(C)Cc4ccc(F)cc4)cnc32)c1=O. The van der Waals surface area contributed by atoms with Crippen molar-refractivity contribution in [1.82, 2.24) is 14.9 Å². The molecule has 2 aromatic heterocycles. The Kier molecular flexibility index (Phi) is 5.68. The van der Waals surface area contributed by atoms with Crippen LogP contribution in [0.5, 0.6) is 0 Å². The number of pyridine rings is 2. The lowest BCUT2D eigenvalue weighted by Gasteiger charge is -2.17. The molecule has 0 radical (unpaired) electrons. The van der Waals surface area contributed by atoms with E-state index in [2.05, 4.69) is 9.97 Å². The van der Waals surface area contributed by atoms with E-state index in [1.165, 1.54) is 29.4 Å². The van der Waals surface area contributed by atoms with Crippen LogP contribution in [0.15, 0.2) is 59.7 Å². The summed E-state index contributed by atoms with van der Waals surface area (Å²) in [5.41, 5.74) is 1.64. The van der Waals surface area contributed by atoms with Crippen molar-refractivity contribution in [2.75, 3.05) is 13.7 Å². The minimum Gasteiger partial charge on any atom is -0.462 e. The van der Waals surface area contributed by atoms with E-state index in [-0.39, 0.29) is 23.9 Å². The first-order valence-electron chi connectivity index (χ1n) is 10.00. The maximum Gasteiger partial charge on any atom is 0.343 e. The topological polar surface area (TPSA) is 92.4 Å². The first-order chi connectivity index (χ1) is 15.4. The second kappa shape index (κ2) is 8.58. The van der Waals surface area contributed by atoms with Gasteiger partial charge in [0.1, 0.15) is 11.4 Å². The molecule has 0 fully saturated rings. The van der Waals surface area contributed by atoms with Crippen molar-refractivity contribution >= 4 is 33.7 Å². The summed E-state index contributed by atoms with van der Waals surface area (Å²) in [4.78, 5) is 46.4. The Balaban J connectivity index is 1.66. The first-order valence-corrected chi connectivity index (χ1v) is 10.00. The van der Waals surface area contributed by atoms with Gasteiger partial charge in [-0.3, -0.25) is 14.6 Å². The molecule has 0 unspecified atom stereocenters. The lowest BCUT2D eigenvalue weighted by atomic mass is 10.1. The van der Waals surface area contributed by atoms with Crippen LogP contribution in [0.4, 0.5) is 4.39 Å². The van der Waals surface area contributed by atoms with Crippen LogP contribution >= 0.6 is 0 Å². The van der Waals surface area contributed by atoms with Crippen LogP contribution in [0.1, 0.15) is 33.2 Å². The van der Waals surface area contributed by atoms with Gasteiger partial charge in [0.15, 0.2) is 0 Å². The minimum absolute atomic E-state index is 0.0760. The molecular weight excluding hydrogens is 413 g/mol. The van der Waals surface area contributed by atoms with E-state index in [9.17, 15) is 18.8 Å². The molecule has 0 bridgehead atoms. The second-order valence-electron chi connectivity index (χ2n) is 7.32. The van der Waals surface area contributed by atoms with Crippen molar-refractivity contribution in [3.05, 3.63) is 87.6 Å². The lowest BCUT2D eigenvalue weighted by molar-refractivity contribution is 0.0524. The van der Waals surface area contributed by atoms with Crippen molar-refractivity contribution in [1.29, 1.82) is 0 Å². The van der Waals surface area contributed by atoms with Crippen LogP contribution in [-0.2, 0) is 11.3 Å². The molecule has 2 aromatic carbocycles. The summed E-state index contributed by atoms with van der Waals surface area (Å²) in [5, 5.41) is 0.973. The maximum absolute atomic E-state index is 13.1. The number of halogens is 1. The molecule has 0 saturated carbocycles. The fourth-order valence-electron chi connectivity index (χ4n) is 3.53. The Bertz CT molecular complexity index is 1400. The van der Waals surface area contributed by atoms with Gasteiger partial charge >= 0.3 is 5.97 Å². The number of fused-ring (bicyclic) bond motifs is 3. The molecule has 0 aliphatic rings. The Labute approximate surface area is 182 Å². The summed E-state index contributed by atoms with van der Waals surface area (Å²) in [6, 6.07) is 10.9. The zero-order chi connectivity index (χ0) is 22.8. The van der Waals surface area contributed by atoms with Gasteiger partial charge in [0.25, 0.3) is 5.91 Å². The highest BCUT2D eigenvalue weighted by atomic mass is 19.1. The second-order valence-corrected chi connectivity index (χ2v) is 7.32. The third-order valence-corrected chi connectivity index (χ3v) is 5.12. The number of aromatic nitrogens is 2. The molecule has 4 aromatic rings. The quantitative estimate of drug-likeness (QED) is 0.383. The highest BCUT2D eigenvalue weighted by molar-refractivity contribution is 6.06. The van der Waals surface area contributed by atoms with E-state index < -0.39 is 11.4 Å². The number of benzene rings is 2. The van der Waals surface area contributed by atoms with E-state index in [0.717, 1.165) is 5.56 Å².